The standard InChI is InChI=1S/C27H38O3/c1-20(2)9-7-11-22(5)13-18-26(19-23(6)12-8-10-21(3)4)30-27(29)24-14-16-25(28)17-15-24/h9-10,13-17,19,26,28H,7-8,11-12,18H2,1-6H3. The van der Waals surface area contributed by atoms with Crippen molar-refractivity contribution in [1.82, 2.24) is 0 Å². The molecule has 3 nitrogen and oxygen atoms in total. The summed E-state index contributed by atoms with van der Waals surface area (Å²) in [5, 5.41) is 9.43. The highest BCUT2D eigenvalue weighted by Gasteiger charge is 2.14. The van der Waals surface area contributed by atoms with E-state index in [2.05, 4.69) is 65.8 Å². The zero-order chi connectivity index (χ0) is 22.5. The first-order valence-corrected chi connectivity index (χ1v) is 10.8. The quantitative estimate of drug-likeness (QED) is 0.300. The van der Waals surface area contributed by atoms with Crippen molar-refractivity contribution in [2.75, 3.05) is 0 Å². The maximum Gasteiger partial charge on any atom is 0.338 e. The lowest BCUT2D eigenvalue weighted by atomic mass is 10.0. The van der Waals surface area contributed by atoms with Gasteiger partial charge in [0.1, 0.15) is 11.9 Å². The molecular weight excluding hydrogens is 372 g/mol. The van der Waals surface area contributed by atoms with E-state index in [1.165, 1.54) is 34.4 Å². The fourth-order valence-corrected chi connectivity index (χ4v) is 2.95. The zero-order valence-electron chi connectivity index (χ0n) is 19.5. The van der Waals surface area contributed by atoms with Crippen LogP contribution in [0.25, 0.3) is 0 Å². The first kappa shape index (κ1) is 25.5. The SMILES string of the molecule is CC(C)=CCCC(C)=CCC(C=C(C)CCC=C(C)C)OC(=O)c1ccc(O)cc1. The van der Waals surface area contributed by atoms with Crippen LogP contribution >= 0.6 is 0 Å². The molecule has 1 atom stereocenters. The van der Waals surface area contributed by atoms with E-state index < -0.39 is 0 Å². The van der Waals surface area contributed by atoms with Crippen molar-refractivity contribution in [3.8, 4) is 5.75 Å². The van der Waals surface area contributed by atoms with Crippen LogP contribution in [0.2, 0.25) is 0 Å². The fraction of sp³-hybridized carbons (Fsp3) is 0.444. The lowest BCUT2D eigenvalue weighted by Crippen LogP contribution is -2.16. The number of benzene rings is 1. The summed E-state index contributed by atoms with van der Waals surface area (Å²) in [6.45, 7) is 12.6. The third kappa shape index (κ3) is 11.5. The van der Waals surface area contributed by atoms with Crippen molar-refractivity contribution in [3.63, 3.8) is 0 Å². The highest BCUT2D eigenvalue weighted by molar-refractivity contribution is 5.89. The second-order valence-electron chi connectivity index (χ2n) is 8.43. The smallest absolute Gasteiger partial charge is 0.338 e. The summed E-state index contributed by atoms with van der Waals surface area (Å²) >= 11 is 0. The number of rotatable bonds is 11. The van der Waals surface area contributed by atoms with Crippen LogP contribution < -0.4 is 0 Å². The van der Waals surface area contributed by atoms with Crippen LogP contribution in [-0.2, 0) is 4.74 Å². The van der Waals surface area contributed by atoms with Crippen LogP contribution in [0.15, 0.2) is 70.9 Å². The van der Waals surface area contributed by atoms with E-state index in [0.29, 0.717) is 12.0 Å². The van der Waals surface area contributed by atoms with Crippen molar-refractivity contribution >= 4 is 5.97 Å². The number of esters is 1. The molecule has 0 radical (unpaired) electrons. The van der Waals surface area contributed by atoms with Gasteiger partial charge in [0.25, 0.3) is 0 Å². The van der Waals surface area contributed by atoms with Crippen molar-refractivity contribution in [1.29, 1.82) is 0 Å². The van der Waals surface area contributed by atoms with Gasteiger partial charge < -0.3 is 9.84 Å². The summed E-state index contributed by atoms with van der Waals surface area (Å²) in [6, 6.07) is 6.17. The normalized spacial score (nSPS) is 12.9. The largest absolute Gasteiger partial charge is 0.508 e. The molecule has 1 unspecified atom stereocenters. The Balaban J connectivity index is 2.86. The molecule has 0 aliphatic carbocycles. The van der Waals surface area contributed by atoms with Gasteiger partial charge in [0.15, 0.2) is 0 Å². The molecule has 0 aliphatic heterocycles. The molecular formula is C27H38O3. The van der Waals surface area contributed by atoms with E-state index in [-0.39, 0.29) is 17.8 Å². The monoisotopic (exact) mass is 410 g/mol. The lowest BCUT2D eigenvalue weighted by molar-refractivity contribution is 0.0398. The maximum absolute atomic E-state index is 12.6. The average Bonchev–Trinajstić information content (AvgIpc) is 2.66. The summed E-state index contributed by atoms with van der Waals surface area (Å²) in [5.74, 6) is -0.239. The number of ether oxygens (including phenoxy) is 1. The highest BCUT2D eigenvalue weighted by atomic mass is 16.5. The molecule has 0 saturated heterocycles. The Labute approximate surface area is 182 Å². The van der Waals surface area contributed by atoms with Gasteiger partial charge in [0, 0.05) is 6.42 Å². The summed E-state index contributed by atoms with van der Waals surface area (Å²) < 4.78 is 5.80. The summed E-state index contributed by atoms with van der Waals surface area (Å²) in [7, 11) is 0. The molecule has 0 saturated carbocycles. The van der Waals surface area contributed by atoms with Crippen LogP contribution in [0.4, 0.5) is 0 Å². The molecule has 1 aromatic rings. The van der Waals surface area contributed by atoms with Gasteiger partial charge in [0.2, 0.25) is 0 Å². The number of phenols is 1. The number of carbonyl (C=O) groups is 1. The van der Waals surface area contributed by atoms with Crippen LogP contribution in [0.3, 0.4) is 0 Å². The minimum atomic E-state index is -0.371. The van der Waals surface area contributed by atoms with Gasteiger partial charge in [-0.25, -0.2) is 4.79 Å². The molecule has 0 heterocycles. The second kappa shape index (κ2) is 13.6. The molecule has 0 bridgehead atoms. The first-order valence-electron chi connectivity index (χ1n) is 10.8. The lowest BCUT2D eigenvalue weighted by Gasteiger charge is -2.15. The van der Waals surface area contributed by atoms with Crippen molar-refractivity contribution in [2.45, 2.75) is 79.8 Å². The van der Waals surface area contributed by atoms with Gasteiger partial charge >= 0.3 is 5.97 Å². The molecule has 3 heteroatoms. The molecule has 164 valence electrons. The number of hydrogen-bond acceptors (Lipinski definition) is 3. The predicted octanol–water partition coefficient (Wildman–Crippen LogP) is 7.69. The second-order valence-corrected chi connectivity index (χ2v) is 8.43. The van der Waals surface area contributed by atoms with Crippen molar-refractivity contribution < 1.29 is 14.6 Å². The molecule has 1 N–H and O–H groups in total. The Morgan fingerprint density at radius 1 is 0.867 bits per heavy atom. The molecule has 0 aliphatic rings. The molecule has 0 aromatic heterocycles. The van der Waals surface area contributed by atoms with Crippen LogP contribution in [0.1, 0.15) is 84.0 Å². The number of aromatic hydroxyl groups is 1. The van der Waals surface area contributed by atoms with Gasteiger partial charge in [0.05, 0.1) is 5.56 Å². The van der Waals surface area contributed by atoms with Gasteiger partial charge in [-0.1, -0.05) is 40.5 Å². The maximum atomic E-state index is 12.6. The average molecular weight is 411 g/mol. The number of carbonyl (C=O) groups excluding carboxylic acids is 1. The van der Waals surface area contributed by atoms with E-state index in [0.717, 1.165) is 25.7 Å². The Hall–Kier alpha value is -2.55. The topological polar surface area (TPSA) is 46.5 Å². The van der Waals surface area contributed by atoms with Crippen LogP contribution in [0, 0.1) is 0 Å². The third-order valence-corrected chi connectivity index (χ3v) is 4.71. The Bertz CT molecular complexity index is 784. The number of phenolic OH excluding ortho intramolecular Hbond substituents is 1. The first-order chi connectivity index (χ1) is 14.2. The molecule has 0 spiro atoms. The van der Waals surface area contributed by atoms with E-state index >= 15 is 0 Å². The molecule has 1 aromatic carbocycles. The van der Waals surface area contributed by atoms with Gasteiger partial charge in [-0.15, -0.1) is 0 Å². The summed E-state index contributed by atoms with van der Waals surface area (Å²) in [6.07, 6.45) is 13.0. The molecule has 0 fully saturated rings. The van der Waals surface area contributed by atoms with E-state index in [4.69, 9.17) is 4.74 Å². The highest BCUT2D eigenvalue weighted by Crippen LogP contribution is 2.17. The number of allylic oxidation sites excluding steroid dienone is 6. The van der Waals surface area contributed by atoms with Crippen LogP contribution in [0.5, 0.6) is 5.75 Å². The van der Waals surface area contributed by atoms with E-state index in [9.17, 15) is 9.90 Å². The molecule has 1 rings (SSSR count). The third-order valence-electron chi connectivity index (χ3n) is 4.71. The molecule has 30 heavy (non-hydrogen) atoms. The van der Waals surface area contributed by atoms with Gasteiger partial charge in [-0.2, -0.15) is 0 Å². The Morgan fingerprint density at radius 2 is 1.40 bits per heavy atom. The summed E-state index contributed by atoms with van der Waals surface area (Å²) in [4.78, 5) is 12.6. The Morgan fingerprint density at radius 3 is 1.93 bits per heavy atom. The number of hydrogen-bond donors (Lipinski definition) is 1. The van der Waals surface area contributed by atoms with E-state index in [1.807, 2.05) is 0 Å². The Kier molecular flexibility index (Phi) is 11.6. The predicted molar refractivity (Wildman–Crippen MR) is 127 cm³/mol. The van der Waals surface area contributed by atoms with Crippen LogP contribution in [-0.4, -0.2) is 17.2 Å². The fourth-order valence-electron chi connectivity index (χ4n) is 2.95. The van der Waals surface area contributed by atoms with E-state index in [1.54, 1.807) is 12.1 Å². The molecule has 0 amide bonds. The zero-order valence-corrected chi connectivity index (χ0v) is 19.5. The van der Waals surface area contributed by atoms with Crippen molar-refractivity contribution in [2.24, 2.45) is 0 Å². The van der Waals surface area contributed by atoms with Gasteiger partial charge in [-0.05, 0) is 97.6 Å². The van der Waals surface area contributed by atoms with Gasteiger partial charge in [-0.3, -0.25) is 0 Å². The minimum absolute atomic E-state index is 0.132. The summed E-state index contributed by atoms with van der Waals surface area (Å²) in [5.41, 5.74) is 5.60. The van der Waals surface area contributed by atoms with Crippen molar-refractivity contribution in [3.05, 3.63) is 76.4 Å². The minimum Gasteiger partial charge on any atom is -0.508 e.